The molecule has 1 saturated heterocycles. The maximum atomic E-state index is 11.8. The van der Waals surface area contributed by atoms with E-state index in [9.17, 15) is 9.59 Å². The van der Waals surface area contributed by atoms with Crippen LogP contribution in [0.2, 0.25) is 0 Å². The lowest BCUT2D eigenvalue weighted by Gasteiger charge is -2.15. The van der Waals surface area contributed by atoms with Gasteiger partial charge < -0.3 is 10.6 Å². The van der Waals surface area contributed by atoms with Crippen molar-refractivity contribution in [3.8, 4) is 0 Å². The highest BCUT2D eigenvalue weighted by Gasteiger charge is 2.22. The van der Waals surface area contributed by atoms with Gasteiger partial charge in [-0.05, 0) is 24.8 Å². The van der Waals surface area contributed by atoms with Gasteiger partial charge in [-0.3, -0.25) is 9.59 Å². The first-order chi connectivity index (χ1) is 8.75. The minimum atomic E-state index is -0.372. The molecule has 4 nitrogen and oxygen atoms in total. The third-order valence-corrected chi connectivity index (χ3v) is 3.08. The Hall–Kier alpha value is -1.84. The first kappa shape index (κ1) is 12.6. The SMILES string of the molecule is O=C(Cc1ccccc1)N[C@H]1CCCCNC1=O. The van der Waals surface area contributed by atoms with Crippen LogP contribution in [0.15, 0.2) is 30.3 Å². The van der Waals surface area contributed by atoms with Crippen LogP contribution < -0.4 is 10.6 Å². The molecule has 0 aliphatic carbocycles. The average molecular weight is 246 g/mol. The Morgan fingerprint density at radius 2 is 2.06 bits per heavy atom. The van der Waals surface area contributed by atoms with E-state index < -0.39 is 0 Å². The van der Waals surface area contributed by atoms with Crippen LogP contribution in [-0.4, -0.2) is 24.4 Å². The van der Waals surface area contributed by atoms with E-state index in [-0.39, 0.29) is 17.9 Å². The summed E-state index contributed by atoms with van der Waals surface area (Å²) in [6, 6.07) is 9.17. The van der Waals surface area contributed by atoms with Gasteiger partial charge in [0.1, 0.15) is 6.04 Å². The second-order valence-corrected chi connectivity index (χ2v) is 4.57. The Bertz CT molecular complexity index is 417. The molecular formula is C14H18N2O2. The predicted octanol–water partition coefficient (Wildman–Crippen LogP) is 1.01. The fraction of sp³-hybridized carbons (Fsp3) is 0.429. The van der Waals surface area contributed by atoms with Gasteiger partial charge in [0, 0.05) is 6.54 Å². The molecule has 1 aromatic rings. The second kappa shape index (κ2) is 6.19. The number of carbonyl (C=O) groups is 2. The maximum Gasteiger partial charge on any atom is 0.242 e. The van der Waals surface area contributed by atoms with Crippen LogP contribution in [0.3, 0.4) is 0 Å². The summed E-state index contributed by atoms with van der Waals surface area (Å²) in [6.07, 6.45) is 3.00. The lowest BCUT2D eigenvalue weighted by molar-refractivity contribution is -0.128. The molecule has 4 heteroatoms. The number of hydrogen-bond donors (Lipinski definition) is 2. The van der Waals surface area contributed by atoms with Gasteiger partial charge in [-0.15, -0.1) is 0 Å². The van der Waals surface area contributed by atoms with Crippen LogP contribution in [0, 0.1) is 0 Å². The standard InChI is InChI=1S/C14H18N2O2/c17-13(10-11-6-2-1-3-7-11)16-12-8-4-5-9-15-14(12)18/h1-3,6-7,12H,4-5,8-10H2,(H,15,18)(H,16,17)/t12-/m0/s1. The normalized spacial score (nSPS) is 19.8. The van der Waals surface area contributed by atoms with Crippen molar-refractivity contribution in [1.29, 1.82) is 0 Å². The Morgan fingerprint density at radius 1 is 1.28 bits per heavy atom. The summed E-state index contributed by atoms with van der Waals surface area (Å²) >= 11 is 0. The molecule has 2 amide bonds. The molecule has 1 aliphatic heterocycles. The summed E-state index contributed by atoms with van der Waals surface area (Å²) in [5.41, 5.74) is 0.962. The fourth-order valence-electron chi connectivity index (χ4n) is 2.10. The van der Waals surface area contributed by atoms with E-state index in [1.165, 1.54) is 0 Å². The minimum Gasteiger partial charge on any atom is -0.354 e. The van der Waals surface area contributed by atoms with Gasteiger partial charge >= 0.3 is 0 Å². The van der Waals surface area contributed by atoms with Gasteiger partial charge in [0.25, 0.3) is 0 Å². The molecular weight excluding hydrogens is 228 g/mol. The number of rotatable bonds is 3. The Morgan fingerprint density at radius 3 is 2.83 bits per heavy atom. The van der Waals surface area contributed by atoms with E-state index in [1.807, 2.05) is 30.3 Å². The van der Waals surface area contributed by atoms with Crippen LogP contribution in [0.25, 0.3) is 0 Å². The van der Waals surface area contributed by atoms with Gasteiger partial charge in [0.2, 0.25) is 11.8 Å². The van der Waals surface area contributed by atoms with E-state index in [1.54, 1.807) is 0 Å². The topological polar surface area (TPSA) is 58.2 Å². The number of benzene rings is 1. The van der Waals surface area contributed by atoms with E-state index >= 15 is 0 Å². The van der Waals surface area contributed by atoms with Gasteiger partial charge in [-0.25, -0.2) is 0 Å². The molecule has 0 spiro atoms. The quantitative estimate of drug-likeness (QED) is 0.836. The van der Waals surface area contributed by atoms with E-state index in [2.05, 4.69) is 10.6 Å². The van der Waals surface area contributed by atoms with Crippen molar-refractivity contribution in [2.24, 2.45) is 0 Å². The van der Waals surface area contributed by atoms with Crippen LogP contribution in [0.5, 0.6) is 0 Å². The fourth-order valence-corrected chi connectivity index (χ4v) is 2.10. The summed E-state index contributed by atoms with van der Waals surface area (Å²) < 4.78 is 0. The van der Waals surface area contributed by atoms with Gasteiger partial charge in [0.05, 0.1) is 6.42 Å². The summed E-state index contributed by atoms with van der Waals surface area (Å²) in [4.78, 5) is 23.5. The zero-order chi connectivity index (χ0) is 12.8. The van der Waals surface area contributed by atoms with Gasteiger partial charge in [0.15, 0.2) is 0 Å². The lowest BCUT2D eigenvalue weighted by atomic mass is 10.1. The zero-order valence-electron chi connectivity index (χ0n) is 10.3. The van der Waals surface area contributed by atoms with Crippen molar-refractivity contribution in [3.63, 3.8) is 0 Å². The molecule has 2 N–H and O–H groups in total. The van der Waals surface area contributed by atoms with Gasteiger partial charge in [-0.1, -0.05) is 30.3 Å². The molecule has 0 radical (unpaired) electrons. The maximum absolute atomic E-state index is 11.8. The Labute approximate surface area is 107 Å². The van der Waals surface area contributed by atoms with Gasteiger partial charge in [-0.2, -0.15) is 0 Å². The van der Waals surface area contributed by atoms with Crippen LogP contribution >= 0.6 is 0 Å². The predicted molar refractivity (Wildman–Crippen MR) is 68.9 cm³/mol. The first-order valence-electron chi connectivity index (χ1n) is 6.37. The molecule has 1 atom stereocenters. The number of carbonyl (C=O) groups excluding carboxylic acids is 2. The molecule has 96 valence electrons. The third-order valence-electron chi connectivity index (χ3n) is 3.08. The van der Waals surface area contributed by atoms with Crippen LogP contribution in [0.1, 0.15) is 24.8 Å². The molecule has 0 saturated carbocycles. The first-order valence-corrected chi connectivity index (χ1v) is 6.37. The summed E-state index contributed by atoms with van der Waals surface area (Å²) in [6.45, 7) is 0.712. The molecule has 2 rings (SSSR count). The number of amides is 2. The average Bonchev–Trinajstić information content (AvgIpc) is 2.56. The number of nitrogens with one attached hydrogen (secondary N) is 2. The molecule has 1 aliphatic rings. The Balaban J connectivity index is 1.88. The van der Waals surface area contributed by atoms with Crippen molar-refractivity contribution in [2.45, 2.75) is 31.7 Å². The van der Waals surface area contributed by atoms with Crippen molar-refractivity contribution in [3.05, 3.63) is 35.9 Å². The van der Waals surface area contributed by atoms with Crippen LogP contribution in [0.4, 0.5) is 0 Å². The van der Waals surface area contributed by atoms with Crippen molar-refractivity contribution < 1.29 is 9.59 Å². The monoisotopic (exact) mass is 246 g/mol. The summed E-state index contributed by atoms with van der Waals surface area (Å²) in [5.74, 6) is -0.155. The minimum absolute atomic E-state index is 0.0612. The number of hydrogen-bond acceptors (Lipinski definition) is 2. The lowest BCUT2D eigenvalue weighted by Crippen LogP contribution is -2.45. The van der Waals surface area contributed by atoms with E-state index in [0.29, 0.717) is 13.0 Å². The molecule has 0 aromatic heterocycles. The van der Waals surface area contributed by atoms with Crippen molar-refractivity contribution in [1.82, 2.24) is 10.6 Å². The second-order valence-electron chi connectivity index (χ2n) is 4.57. The molecule has 18 heavy (non-hydrogen) atoms. The highest BCUT2D eigenvalue weighted by molar-refractivity contribution is 5.88. The van der Waals surface area contributed by atoms with Crippen molar-refractivity contribution in [2.75, 3.05) is 6.54 Å². The van der Waals surface area contributed by atoms with Crippen LogP contribution in [-0.2, 0) is 16.0 Å². The van der Waals surface area contributed by atoms with E-state index in [0.717, 1.165) is 24.8 Å². The molecule has 1 fully saturated rings. The third kappa shape index (κ3) is 3.58. The highest BCUT2D eigenvalue weighted by atomic mass is 16.2. The zero-order valence-corrected chi connectivity index (χ0v) is 10.3. The Kier molecular flexibility index (Phi) is 4.34. The molecule has 0 bridgehead atoms. The molecule has 1 aromatic carbocycles. The van der Waals surface area contributed by atoms with Crippen molar-refractivity contribution >= 4 is 11.8 Å². The largest absolute Gasteiger partial charge is 0.354 e. The summed E-state index contributed by atoms with van der Waals surface area (Å²) in [5, 5.41) is 5.62. The molecule has 0 unspecified atom stereocenters. The van der Waals surface area contributed by atoms with E-state index in [4.69, 9.17) is 0 Å². The highest BCUT2D eigenvalue weighted by Crippen LogP contribution is 2.06. The smallest absolute Gasteiger partial charge is 0.242 e. The molecule has 1 heterocycles. The summed E-state index contributed by atoms with van der Waals surface area (Å²) in [7, 11) is 0.